The normalized spacial score (nSPS) is 19.2. The number of carbonyl (C=O) groups excluding carboxylic acids is 4. The maximum Gasteiger partial charge on any atom is 3.00 e. The van der Waals surface area contributed by atoms with Gasteiger partial charge in [0.25, 0.3) is 0 Å². The fourth-order valence-electron chi connectivity index (χ4n) is 19.6. The Hall–Kier alpha value is -9.72. The average molecular weight is 1730 g/mol. The molecule has 17 heteroatoms. The van der Waals surface area contributed by atoms with Gasteiger partial charge in [-0.15, -0.1) is 27.8 Å². The van der Waals surface area contributed by atoms with Gasteiger partial charge in [-0.3, -0.25) is 19.2 Å². The number of aryl methyl sites for hydroxylation is 12. The molecule has 2 aromatic heterocycles. The van der Waals surface area contributed by atoms with E-state index in [-0.39, 0.29) is 140 Å². The van der Waals surface area contributed by atoms with Crippen LogP contribution < -0.4 is 41.9 Å². The van der Waals surface area contributed by atoms with Crippen molar-refractivity contribution in [1.29, 1.82) is 0 Å². The molecule has 4 saturated carbocycles. The van der Waals surface area contributed by atoms with Crippen LogP contribution in [-0.2, 0) is 36.0 Å². The second kappa shape index (κ2) is 33.5. The summed E-state index contributed by atoms with van der Waals surface area (Å²) < 4.78 is 0. The van der Waals surface area contributed by atoms with Crippen molar-refractivity contribution in [3.05, 3.63) is 298 Å². The molecule has 17 rings (SSSR count). The van der Waals surface area contributed by atoms with Crippen molar-refractivity contribution < 1.29 is 36.0 Å². The second-order valence-electron chi connectivity index (χ2n) is 37.6. The zero-order valence-electron chi connectivity index (χ0n) is 73.1. The van der Waals surface area contributed by atoms with E-state index in [1.54, 1.807) is 0 Å². The Morgan fingerprint density at radius 2 is 0.653 bits per heavy atom. The largest absolute Gasteiger partial charge is 3.00 e. The van der Waals surface area contributed by atoms with Crippen LogP contribution >= 0.6 is 54.0 Å². The Bertz CT molecular complexity index is 5960. The molecule has 626 valence electrons. The number of hydrogen-bond donors (Lipinski definition) is 4. The second-order valence-corrected chi connectivity index (χ2v) is 37.6. The summed E-state index contributed by atoms with van der Waals surface area (Å²) in [5, 5.41) is 21.1. The number of benzene rings is 8. The van der Waals surface area contributed by atoms with Crippen LogP contribution in [-0.4, -0.2) is 35.4 Å². The molecule has 5 atom stereocenters. The number of fused-ring (bicyclic) bond motifs is 7. The van der Waals surface area contributed by atoms with Crippen LogP contribution in [0.1, 0.15) is 181 Å². The molecule has 8 aromatic carbocycles. The number of aromatic nitrogens is 2. The van der Waals surface area contributed by atoms with Gasteiger partial charge in [-0.1, -0.05) is 186 Å². The Morgan fingerprint density at radius 1 is 0.347 bits per heavy atom. The van der Waals surface area contributed by atoms with Crippen molar-refractivity contribution in [2.45, 2.75) is 170 Å². The molecule has 12 nitrogen and oxygen atoms in total. The smallest absolute Gasteiger partial charge is 0.674 e. The molecule has 3 aliphatic heterocycles. The quantitative estimate of drug-likeness (QED) is 0.0750. The number of aliphatic imine (C=N–C) groups is 1. The van der Waals surface area contributed by atoms with Gasteiger partial charge >= 0.3 is 16.8 Å². The maximum absolute atomic E-state index is 15.0. The molecule has 0 radical (unpaired) electrons. The third-order valence-corrected chi connectivity index (χ3v) is 26.1. The number of allylic oxidation sites excluding steroid dienone is 3. The Kier molecular flexibility index (Phi) is 25.1. The molecule has 7 aliphatic rings. The Labute approximate surface area is 752 Å². The van der Waals surface area contributed by atoms with E-state index >= 15 is 0 Å². The average Bonchev–Trinajstić information content (AvgIpc) is 0.882. The molecule has 121 heavy (non-hydrogen) atoms. The fraction of sp³-hybridized carbons (Fsp3) is 0.317. The Balaban J connectivity index is 0.00000268. The SMILES string of the molecule is Cc1cc(C)c(-c2cc(C3=C4C=CC(=N4)C(c4c(NC(=O)C5CC5(C)C)cccc4NC(=O)C4CC4(C)C)=c4ccc([n-]4)=C(c4cc(-c5c(C)cc(C)cc5C)cc(-c5c(C)cc(C)cc5C)c4)C4C=CC(=C(c5c(NC(=O)C6CC6(C)C)cccc5NC(=O)C5CC5(C)C)c5ccc3[n-]5)[N-]4)cc(-c3c(C)cc(C)cc3C)c2)c(C)c1.S.S.S.S.[Co+3]. The summed E-state index contributed by atoms with van der Waals surface area (Å²) in [7, 11) is 0. The third-order valence-electron chi connectivity index (χ3n) is 26.1. The first-order valence-corrected chi connectivity index (χ1v) is 41.3. The fourth-order valence-corrected chi connectivity index (χ4v) is 19.6. The van der Waals surface area contributed by atoms with E-state index in [4.69, 9.17) is 20.3 Å². The molecule has 8 bridgehead atoms. The monoisotopic (exact) mass is 1720 g/mol. The van der Waals surface area contributed by atoms with Crippen LogP contribution in [0.2, 0.25) is 0 Å². The van der Waals surface area contributed by atoms with E-state index in [1.807, 2.05) is 36.4 Å². The van der Waals surface area contributed by atoms with E-state index < -0.39 is 6.04 Å². The summed E-state index contributed by atoms with van der Waals surface area (Å²) >= 11 is 0. The van der Waals surface area contributed by atoms with Gasteiger partial charge in [-0.2, -0.15) is 54.0 Å². The van der Waals surface area contributed by atoms with Crippen molar-refractivity contribution >= 4 is 128 Å². The number of anilines is 4. The molecule has 5 heterocycles. The topological polar surface area (TPSA) is 171 Å². The van der Waals surface area contributed by atoms with Gasteiger partial charge in [0.05, 0.1) is 34.2 Å². The van der Waals surface area contributed by atoms with E-state index in [0.29, 0.717) is 84.2 Å². The first kappa shape index (κ1) is 90.5. The number of carbonyl (C=O) groups is 4. The number of hydrogen-bond acceptors (Lipinski definition) is 5. The minimum atomic E-state index is -0.726. The van der Waals surface area contributed by atoms with Crippen molar-refractivity contribution in [1.82, 2.24) is 9.97 Å². The van der Waals surface area contributed by atoms with Gasteiger partial charge in [-0.25, -0.2) is 4.99 Å². The number of nitrogens with zero attached hydrogens (tertiary/aromatic N) is 4. The van der Waals surface area contributed by atoms with Gasteiger partial charge < -0.3 is 36.6 Å². The zero-order valence-corrected chi connectivity index (χ0v) is 78.2. The minimum Gasteiger partial charge on any atom is -0.674 e. The summed E-state index contributed by atoms with van der Waals surface area (Å²) in [5.41, 5.74) is 32.3. The number of nitrogens with one attached hydrogen (secondary N) is 4. The molecule has 4 N–H and O–H groups in total. The molecule has 4 fully saturated rings. The predicted octanol–water partition coefficient (Wildman–Crippen LogP) is 22.3. The number of amides is 4. The molecule has 4 aliphatic carbocycles. The standard InChI is InChI=1S/C104H108N8O4.Co.4H2S/c1-53-35-57(5)87(58(6)36-53)65-43-66(88-59(7)37-54(2)38-60(88)8)46-69(45-65)91-79-27-31-83(105-79)95(93-75(109-97(113)71-49-101(71,13)14)23-21-24-76(93)110-98(114)72-50-102(72,15)16)85-33-29-81(107-85)92(70-47-67(89-61(9)39-55(3)40-62(89)10)44-68(48-70)90-63(11)41-56(4)42-64(90)12)82-30-34-86(108-82)96(84-32-28-80(91)106-84)94-77(111-99(115)73-51-103(73,17)18)25-22-26-78(94)112-100(116)74-52-104(74,19)20;;;;;/h21-48,71-74,79H,49-52H2,1-20H3,(H7,105,106,107,108,109,110,111,112,113,114,115,116);;4*1H2/q;+3;;;;/p-3. The zero-order chi connectivity index (χ0) is 82.0. The Morgan fingerprint density at radius 3 is 0.992 bits per heavy atom. The molecule has 4 amide bonds. The minimum absolute atomic E-state index is 0. The van der Waals surface area contributed by atoms with Crippen LogP contribution in [0.5, 0.6) is 0 Å². The first-order valence-electron chi connectivity index (χ1n) is 41.3. The summed E-state index contributed by atoms with van der Waals surface area (Å²) in [6, 6.07) is 51.0. The van der Waals surface area contributed by atoms with Gasteiger partial charge in [-0.05, 0) is 320 Å². The van der Waals surface area contributed by atoms with Crippen molar-refractivity contribution in [2.24, 2.45) is 50.3 Å². The molecule has 0 spiro atoms. The van der Waals surface area contributed by atoms with E-state index in [1.165, 1.54) is 22.3 Å². The van der Waals surface area contributed by atoms with Crippen LogP contribution in [0.25, 0.3) is 72.1 Å². The van der Waals surface area contributed by atoms with E-state index in [0.717, 1.165) is 137 Å². The molecule has 10 aromatic rings. The van der Waals surface area contributed by atoms with Crippen LogP contribution in [0.4, 0.5) is 22.7 Å². The van der Waals surface area contributed by atoms with Gasteiger partial charge in [0.2, 0.25) is 23.6 Å². The molecule has 5 unspecified atom stereocenters. The van der Waals surface area contributed by atoms with E-state index in [9.17, 15) is 19.2 Å². The van der Waals surface area contributed by atoms with Crippen molar-refractivity contribution in [3.63, 3.8) is 0 Å². The summed E-state index contributed by atoms with van der Waals surface area (Å²) in [6.07, 6.45) is 11.3. The molecular formula is C104H113CoN8O4S4. The van der Waals surface area contributed by atoms with Crippen LogP contribution in [0.3, 0.4) is 0 Å². The maximum atomic E-state index is 15.0. The van der Waals surface area contributed by atoms with Crippen LogP contribution in [0, 0.1) is 128 Å². The summed E-state index contributed by atoms with van der Waals surface area (Å²) in [5.74, 6) is -1.36. The molecular weight excluding hydrogens is 1610 g/mol. The summed E-state index contributed by atoms with van der Waals surface area (Å²) in [4.78, 5) is 77.9. The van der Waals surface area contributed by atoms with Crippen molar-refractivity contribution in [2.75, 3.05) is 21.3 Å². The van der Waals surface area contributed by atoms with Gasteiger partial charge in [0.1, 0.15) is 0 Å². The van der Waals surface area contributed by atoms with E-state index in [2.05, 4.69) is 293 Å². The number of rotatable bonds is 16. The first-order chi connectivity index (χ1) is 55.0. The summed E-state index contributed by atoms with van der Waals surface area (Å²) in [6.45, 7) is 43.2. The van der Waals surface area contributed by atoms with Crippen LogP contribution in [0.15, 0.2) is 186 Å². The predicted molar refractivity (Wildman–Crippen MR) is 517 cm³/mol. The molecule has 0 saturated heterocycles. The van der Waals surface area contributed by atoms with Gasteiger partial charge in [0, 0.05) is 34.8 Å². The third kappa shape index (κ3) is 17.2. The van der Waals surface area contributed by atoms with Crippen molar-refractivity contribution in [3.8, 4) is 44.5 Å². The van der Waals surface area contributed by atoms with Gasteiger partial charge in [0.15, 0.2) is 0 Å².